The number of carbonyl (C=O) groups excluding carboxylic acids is 1. The van der Waals surface area contributed by atoms with Crippen molar-refractivity contribution in [1.82, 2.24) is 9.47 Å². The van der Waals surface area contributed by atoms with E-state index in [9.17, 15) is 14.9 Å². The van der Waals surface area contributed by atoms with Crippen molar-refractivity contribution in [3.8, 4) is 0 Å². The summed E-state index contributed by atoms with van der Waals surface area (Å²) in [6, 6.07) is 27.7. The van der Waals surface area contributed by atoms with Crippen LogP contribution in [0.25, 0.3) is 0 Å². The Morgan fingerprint density at radius 3 is 2.36 bits per heavy atom. The summed E-state index contributed by atoms with van der Waals surface area (Å²) in [7, 11) is 0. The van der Waals surface area contributed by atoms with E-state index >= 15 is 0 Å². The highest BCUT2D eigenvalue weighted by Gasteiger charge is 2.20. The van der Waals surface area contributed by atoms with Crippen LogP contribution in [0.5, 0.6) is 0 Å². The van der Waals surface area contributed by atoms with Crippen LogP contribution in [0.2, 0.25) is 0 Å². The second kappa shape index (κ2) is 10.3. The van der Waals surface area contributed by atoms with E-state index in [4.69, 9.17) is 0 Å². The van der Waals surface area contributed by atoms with Crippen LogP contribution < -0.4 is 0 Å². The molecule has 0 aliphatic rings. The van der Waals surface area contributed by atoms with E-state index in [2.05, 4.69) is 32.6 Å². The van der Waals surface area contributed by atoms with Gasteiger partial charge in [-0.3, -0.25) is 14.9 Å². The fourth-order valence-electron chi connectivity index (χ4n) is 3.67. The van der Waals surface area contributed by atoms with Gasteiger partial charge < -0.3 is 9.47 Å². The molecule has 0 bridgehead atoms. The molecule has 0 saturated carbocycles. The van der Waals surface area contributed by atoms with Gasteiger partial charge in [-0.05, 0) is 41.5 Å². The summed E-state index contributed by atoms with van der Waals surface area (Å²) < 4.78 is 3.14. The number of amides is 1. The number of rotatable bonds is 8. The Balaban J connectivity index is 1.61. The highest BCUT2D eigenvalue weighted by Crippen LogP contribution is 2.20. The molecule has 7 heteroatoms. The van der Waals surface area contributed by atoms with Crippen molar-refractivity contribution >= 4 is 27.5 Å². The van der Waals surface area contributed by atoms with Gasteiger partial charge in [0.2, 0.25) is 0 Å². The van der Waals surface area contributed by atoms with Crippen molar-refractivity contribution in [3.05, 3.63) is 134 Å². The summed E-state index contributed by atoms with van der Waals surface area (Å²) in [6.07, 6.45) is 2.00. The number of nitrogens with zero attached hydrogens (tertiary/aromatic N) is 3. The Labute approximate surface area is 200 Å². The Morgan fingerprint density at radius 1 is 0.879 bits per heavy atom. The van der Waals surface area contributed by atoms with Crippen molar-refractivity contribution in [1.29, 1.82) is 0 Å². The Bertz CT molecular complexity index is 1250. The van der Waals surface area contributed by atoms with Crippen molar-refractivity contribution in [2.75, 3.05) is 0 Å². The number of carbonyl (C=O) groups is 1. The first-order valence-electron chi connectivity index (χ1n) is 10.5. The Hall–Kier alpha value is -3.71. The van der Waals surface area contributed by atoms with Crippen LogP contribution in [0.1, 0.15) is 27.2 Å². The maximum atomic E-state index is 13.4. The maximum Gasteiger partial charge on any atom is 0.270 e. The summed E-state index contributed by atoms with van der Waals surface area (Å²) in [5.74, 6) is -0.251. The van der Waals surface area contributed by atoms with Crippen molar-refractivity contribution < 1.29 is 9.72 Å². The molecule has 1 amide bonds. The first-order chi connectivity index (χ1) is 16.0. The predicted molar refractivity (Wildman–Crippen MR) is 131 cm³/mol. The van der Waals surface area contributed by atoms with Crippen molar-refractivity contribution in [2.24, 2.45) is 0 Å². The first kappa shape index (κ1) is 22.5. The number of aromatic nitrogens is 1. The van der Waals surface area contributed by atoms with Crippen LogP contribution in [0.15, 0.2) is 102 Å². The highest BCUT2D eigenvalue weighted by atomic mass is 79.9. The first-order valence-corrected chi connectivity index (χ1v) is 11.2. The molecule has 3 aromatic carbocycles. The molecule has 0 radical (unpaired) electrons. The average molecular weight is 504 g/mol. The fourth-order valence-corrected chi connectivity index (χ4v) is 3.93. The lowest BCUT2D eigenvalue weighted by atomic mass is 10.1. The molecule has 0 aliphatic heterocycles. The van der Waals surface area contributed by atoms with Gasteiger partial charge in [0.05, 0.1) is 11.5 Å². The van der Waals surface area contributed by atoms with Crippen LogP contribution in [0.4, 0.5) is 5.69 Å². The lowest BCUT2D eigenvalue weighted by molar-refractivity contribution is -0.384. The summed E-state index contributed by atoms with van der Waals surface area (Å²) in [5, 5.41) is 11.2. The number of benzene rings is 3. The van der Waals surface area contributed by atoms with Gasteiger partial charge in [-0.25, -0.2) is 0 Å². The zero-order valence-electron chi connectivity index (χ0n) is 17.8. The van der Waals surface area contributed by atoms with Gasteiger partial charge in [-0.2, -0.15) is 0 Å². The summed E-state index contributed by atoms with van der Waals surface area (Å²) in [4.78, 5) is 25.9. The molecule has 4 aromatic rings. The monoisotopic (exact) mass is 503 g/mol. The van der Waals surface area contributed by atoms with Gasteiger partial charge in [0, 0.05) is 47.1 Å². The van der Waals surface area contributed by atoms with E-state index in [0.29, 0.717) is 25.2 Å². The molecule has 33 heavy (non-hydrogen) atoms. The number of halogens is 1. The zero-order valence-corrected chi connectivity index (χ0v) is 19.4. The van der Waals surface area contributed by atoms with Crippen LogP contribution in [0.3, 0.4) is 0 Å². The standard InChI is InChI=1S/C26H22BrN3O3/c27-23-13-11-21(12-14-23)17-28-15-5-10-25(28)19-29(18-20-6-2-1-3-7-20)26(31)22-8-4-9-24(16-22)30(32)33/h1-16H,17-19H2. The molecule has 4 rings (SSSR count). The normalized spacial score (nSPS) is 10.7. The van der Waals surface area contributed by atoms with Gasteiger partial charge in [0.25, 0.3) is 11.6 Å². The summed E-state index contributed by atoms with van der Waals surface area (Å²) >= 11 is 3.46. The smallest absolute Gasteiger partial charge is 0.270 e. The second-order valence-corrected chi connectivity index (χ2v) is 8.62. The van der Waals surface area contributed by atoms with E-state index in [-0.39, 0.29) is 11.6 Å². The van der Waals surface area contributed by atoms with Crippen LogP contribution in [-0.4, -0.2) is 20.3 Å². The minimum Gasteiger partial charge on any atom is -0.345 e. The van der Waals surface area contributed by atoms with E-state index in [1.807, 2.05) is 60.8 Å². The zero-order chi connectivity index (χ0) is 23.2. The largest absolute Gasteiger partial charge is 0.345 e. The summed E-state index contributed by atoms with van der Waals surface area (Å²) in [5.41, 5.74) is 3.32. The molecule has 166 valence electrons. The molecule has 0 saturated heterocycles. The quantitative estimate of drug-likeness (QED) is 0.217. The average Bonchev–Trinajstić information content (AvgIpc) is 3.27. The van der Waals surface area contributed by atoms with Crippen LogP contribution in [0, 0.1) is 10.1 Å². The van der Waals surface area contributed by atoms with Crippen molar-refractivity contribution in [3.63, 3.8) is 0 Å². The van der Waals surface area contributed by atoms with E-state index in [0.717, 1.165) is 21.3 Å². The molecule has 6 nitrogen and oxygen atoms in total. The predicted octanol–water partition coefficient (Wildman–Crippen LogP) is 6.05. The third-order valence-electron chi connectivity index (χ3n) is 5.35. The molecule has 0 unspecified atom stereocenters. The highest BCUT2D eigenvalue weighted by molar-refractivity contribution is 9.10. The van der Waals surface area contributed by atoms with Gasteiger partial charge in [-0.15, -0.1) is 0 Å². The van der Waals surface area contributed by atoms with Crippen LogP contribution in [-0.2, 0) is 19.6 Å². The number of hydrogen-bond donors (Lipinski definition) is 0. The lowest BCUT2D eigenvalue weighted by Crippen LogP contribution is -2.31. The molecule has 0 fully saturated rings. The topological polar surface area (TPSA) is 68.4 Å². The third-order valence-corrected chi connectivity index (χ3v) is 5.88. The second-order valence-electron chi connectivity index (χ2n) is 7.71. The molecular weight excluding hydrogens is 482 g/mol. The third kappa shape index (κ3) is 5.75. The number of nitro groups is 1. The van der Waals surface area contributed by atoms with Crippen LogP contribution >= 0.6 is 15.9 Å². The van der Waals surface area contributed by atoms with Gasteiger partial charge >= 0.3 is 0 Å². The molecule has 1 heterocycles. The molecule has 0 spiro atoms. The molecule has 0 atom stereocenters. The fraction of sp³-hybridized carbons (Fsp3) is 0.115. The molecule has 0 N–H and O–H groups in total. The van der Waals surface area contributed by atoms with Crippen molar-refractivity contribution in [2.45, 2.75) is 19.6 Å². The number of nitro benzene ring substituents is 1. The number of hydrogen-bond acceptors (Lipinski definition) is 3. The van der Waals surface area contributed by atoms with E-state index < -0.39 is 4.92 Å². The van der Waals surface area contributed by atoms with E-state index in [1.165, 1.54) is 12.1 Å². The minimum absolute atomic E-state index is 0.0980. The Kier molecular flexibility index (Phi) is 7.00. The van der Waals surface area contributed by atoms with Gasteiger partial charge in [-0.1, -0.05) is 64.5 Å². The SMILES string of the molecule is O=C(c1cccc([N+](=O)[O-])c1)N(Cc1ccccc1)Cc1cccn1Cc1ccc(Br)cc1. The van der Waals surface area contributed by atoms with Gasteiger partial charge in [0.15, 0.2) is 0 Å². The lowest BCUT2D eigenvalue weighted by Gasteiger charge is -2.24. The van der Waals surface area contributed by atoms with Gasteiger partial charge in [0.1, 0.15) is 0 Å². The molecule has 0 aliphatic carbocycles. The maximum absolute atomic E-state index is 13.4. The minimum atomic E-state index is -0.484. The summed E-state index contributed by atoms with van der Waals surface area (Å²) in [6.45, 7) is 1.45. The molecule has 1 aromatic heterocycles. The molecular formula is C26H22BrN3O3. The Morgan fingerprint density at radius 2 is 1.64 bits per heavy atom. The van der Waals surface area contributed by atoms with E-state index in [1.54, 1.807) is 17.0 Å². The number of non-ortho nitro benzene ring substituents is 1.